The first-order chi connectivity index (χ1) is 16.1. The number of hydrogen-bond donors (Lipinski definition) is 0. The number of allylic oxidation sites excluding steroid dienone is 4. The van der Waals surface area contributed by atoms with Gasteiger partial charge in [-0.2, -0.15) is 4.98 Å². The smallest absolute Gasteiger partial charge is 0.410 e. The summed E-state index contributed by atoms with van der Waals surface area (Å²) in [7, 11) is 0. The van der Waals surface area contributed by atoms with E-state index in [1.54, 1.807) is 11.0 Å². The standard InChI is InChI=1S/C24H33N5O5/c1-6-18(9-8-17(3)29(31)32)22-26-21-20(33-22)11-10-19(25-21)16-27-12-14-28(15-13-27)23(30)34-24(4,5)7-2/h6,8,10-11H,7,9,12-16H2,1-5H3/b17-8+,18-6+. The van der Waals surface area contributed by atoms with Gasteiger partial charge in [-0.1, -0.05) is 13.0 Å². The molecule has 184 valence electrons. The number of amides is 1. The number of ether oxygens (including phenoxy) is 1. The van der Waals surface area contributed by atoms with E-state index in [1.807, 2.05) is 45.9 Å². The van der Waals surface area contributed by atoms with Gasteiger partial charge < -0.3 is 14.1 Å². The molecule has 1 aliphatic rings. The lowest BCUT2D eigenvalue weighted by atomic mass is 10.1. The zero-order chi connectivity index (χ0) is 24.9. The van der Waals surface area contributed by atoms with E-state index in [0.717, 1.165) is 30.8 Å². The Morgan fingerprint density at radius 3 is 2.59 bits per heavy atom. The van der Waals surface area contributed by atoms with Gasteiger partial charge >= 0.3 is 6.09 Å². The van der Waals surface area contributed by atoms with Crippen molar-refractivity contribution in [1.82, 2.24) is 19.8 Å². The van der Waals surface area contributed by atoms with Crippen LogP contribution in [0.5, 0.6) is 0 Å². The highest BCUT2D eigenvalue weighted by atomic mass is 16.6. The van der Waals surface area contributed by atoms with E-state index in [2.05, 4.69) is 14.9 Å². The van der Waals surface area contributed by atoms with Crippen molar-refractivity contribution in [3.8, 4) is 0 Å². The van der Waals surface area contributed by atoms with Crippen LogP contribution in [-0.4, -0.2) is 62.6 Å². The number of piperazine rings is 1. The molecule has 0 atom stereocenters. The van der Waals surface area contributed by atoms with Crippen LogP contribution < -0.4 is 0 Å². The lowest BCUT2D eigenvalue weighted by Gasteiger charge is -2.35. The van der Waals surface area contributed by atoms with Crippen molar-refractivity contribution in [2.75, 3.05) is 26.2 Å². The summed E-state index contributed by atoms with van der Waals surface area (Å²) < 4.78 is 11.4. The summed E-state index contributed by atoms with van der Waals surface area (Å²) in [6.45, 7) is 12.5. The van der Waals surface area contributed by atoms with Gasteiger partial charge in [-0.3, -0.25) is 15.0 Å². The maximum absolute atomic E-state index is 12.4. The molecule has 0 bridgehead atoms. The molecule has 10 nitrogen and oxygen atoms in total. The molecule has 1 saturated heterocycles. The number of hydrogen-bond acceptors (Lipinski definition) is 8. The molecule has 34 heavy (non-hydrogen) atoms. The molecule has 3 heterocycles. The molecule has 0 radical (unpaired) electrons. The van der Waals surface area contributed by atoms with Crippen LogP contribution in [0.1, 0.15) is 59.0 Å². The number of aromatic nitrogens is 2. The van der Waals surface area contributed by atoms with Crippen molar-refractivity contribution in [3.63, 3.8) is 0 Å². The van der Waals surface area contributed by atoms with Gasteiger partial charge in [-0.05, 0) is 45.4 Å². The second-order valence-corrected chi connectivity index (χ2v) is 9.01. The number of rotatable bonds is 8. The largest absolute Gasteiger partial charge is 0.443 e. The Morgan fingerprint density at radius 2 is 1.97 bits per heavy atom. The fourth-order valence-corrected chi connectivity index (χ4v) is 3.43. The molecule has 10 heteroatoms. The molecular weight excluding hydrogens is 438 g/mol. The van der Waals surface area contributed by atoms with Crippen molar-refractivity contribution in [2.45, 2.75) is 59.6 Å². The predicted octanol–water partition coefficient (Wildman–Crippen LogP) is 4.64. The topological polar surface area (TPSA) is 115 Å². The molecule has 0 aromatic carbocycles. The lowest BCUT2D eigenvalue weighted by Crippen LogP contribution is -2.49. The SMILES string of the molecule is C/C=C(\C/C=C(\C)[N+](=O)[O-])c1nc2nc(CN3CCN(C(=O)OC(C)(C)CC)CC3)ccc2o1. The zero-order valence-corrected chi connectivity index (χ0v) is 20.5. The van der Waals surface area contributed by atoms with Crippen LogP contribution in [0.4, 0.5) is 4.79 Å². The van der Waals surface area contributed by atoms with Gasteiger partial charge in [-0.25, -0.2) is 9.78 Å². The van der Waals surface area contributed by atoms with Crippen LogP contribution >= 0.6 is 0 Å². The molecule has 0 unspecified atom stereocenters. The number of carbonyl (C=O) groups excluding carboxylic acids is 1. The minimum absolute atomic E-state index is 0.0818. The summed E-state index contributed by atoms with van der Waals surface area (Å²) in [5, 5.41) is 10.8. The molecule has 0 aliphatic carbocycles. The van der Waals surface area contributed by atoms with Crippen LogP contribution in [0.25, 0.3) is 16.8 Å². The van der Waals surface area contributed by atoms with E-state index in [-0.39, 0.29) is 11.8 Å². The monoisotopic (exact) mass is 471 g/mol. The second-order valence-electron chi connectivity index (χ2n) is 9.01. The van der Waals surface area contributed by atoms with Gasteiger partial charge in [0, 0.05) is 51.6 Å². The van der Waals surface area contributed by atoms with E-state index in [9.17, 15) is 14.9 Å². The Kier molecular flexibility index (Phi) is 8.03. The average molecular weight is 472 g/mol. The van der Waals surface area contributed by atoms with Crippen LogP contribution in [-0.2, 0) is 11.3 Å². The molecule has 2 aromatic heterocycles. The molecule has 1 aliphatic heterocycles. The van der Waals surface area contributed by atoms with Gasteiger partial charge in [0.05, 0.1) is 10.6 Å². The molecule has 0 N–H and O–H groups in total. The van der Waals surface area contributed by atoms with Crippen LogP contribution in [0, 0.1) is 10.1 Å². The minimum atomic E-state index is -0.460. The first-order valence-electron chi connectivity index (χ1n) is 11.5. The van der Waals surface area contributed by atoms with Crippen LogP contribution in [0.15, 0.2) is 34.4 Å². The quantitative estimate of drug-likeness (QED) is 0.404. The van der Waals surface area contributed by atoms with E-state index in [0.29, 0.717) is 43.2 Å². The predicted molar refractivity (Wildman–Crippen MR) is 129 cm³/mol. The molecule has 0 saturated carbocycles. The fraction of sp³-hybridized carbons (Fsp3) is 0.542. The molecule has 0 spiro atoms. The van der Waals surface area contributed by atoms with E-state index in [1.165, 1.54) is 6.92 Å². The highest BCUT2D eigenvalue weighted by Crippen LogP contribution is 2.24. The summed E-state index contributed by atoms with van der Waals surface area (Å²) in [5.74, 6) is 0.414. The van der Waals surface area contributed by atoms with Crippen molar-refractivity contribution in [1.29, 1.82) is 0 Å². The van der Waals surface area contributed by atoms with Gasteiger partial charge in [0.15, 0.2) is 11.2 Å². The first kappa shape index (κ1) is 25.4. The number of fused-ring (bicyclic) bond motifs is 1. The summed E-state index contributed by atoms with van der Waals surface area (Å²) >= 11 is 0. The number of pyridine rings is 1. The Morgan fingerprint density at radius 1 is 1.26 bits per heavy atom. The third-order valence-electron chi connectivity index (χ3n) is 6.07. The maximum Gasteiger partial charge on any atom is 0.410 e. The van der Waals surface area contributed by atoms with Crippen molar-refractivity contribution < 1.29 is 18.9 Å². The van der Waals surface area contributed by atoms with Crippen LogP contribution in [0.2, 0.25) is 0 Å². The third-order valence-corrected chi connectivity index (χ3v) is 6.07. The highest BCUT2D eigenvalue weighted by molar-refractivity contribution is 5.72. The second kappa shape index (κ2) is 10.8. The zero-order valence-electron chi connectivity index (χ0n) is 20.5. The lowest BCUT2D eigenvalue weighted by molar-refractivity contribution is -0.424. The van der Waals surface area contributed by atoms with Crippen molar-refractivity contribution >= 4 is 22.9 Å². The van der Waals surface area contributed by atoms with E-state index >= 15 is 0 Å². The molecular formula is C24H33N5O5. The minimum Gasteiger partial charge on any atom is -0.443 e. The third kappa shape index (κ3) is 6.40. The number of nitrogens with zero attached hydrogens (tertiary/aromatic N) is 5. The first-order valence-corrected chi connectivity index (χ1v) is 11.5. The summed E-state index contributed by atoms with van der Waals surface area (Å²) in [5.41, 5.74) is 2.32. The maximum atomic E-state index is 12.4. The number of carbonyl (C=O) groups is 1. The Balaban J connectivity index is 1.61. The van der Waals surface area contributed by atoms with Gasteiger partial charge in [-0.15, -0.1) is 0 Å². The summed E-state index contributed by atoms with van der Waals surface area (Å²) in [4.78, 5) is 36.0. The van der Waals surface area contributed by atoms with Crippen molar-refractivity contribution in [3.05, 3.63) is 51.7 Å². The average Bonchev–Trinajstić information content (AvgIpc) is 3.22. The Hall–Kier alpha value is -3.27. The van der Waals surface area contributed by atoms with Gasteiger partial charge in [0.1, 0.15) is 5.60 Å². The fourth-order valence-electron chi connectivity index (χ4n) is 3.43. The van der Waals surface area contributed by atoms with Gasteiger partial charge in [0.25, 0.3) is 0 Å². The molecule has 1 fully saturated rings. The van der Waals surface area contributed by atoms with Gasteiger partial charge in [0.2, 0.25) is 11.6 Å². The van der Waals surface area contributed by atoms with E-state index in [4.69, 9.17) is 9.15 Å². The van der Waals surface area contributed by atoms with E-state index < -0.39 is 10.5 Å². The molecule has 1 amide bonds. The summed E-state index contributed by atoms with van der Waals surface area (Å²) in [6, 6.07) is 3.76. The number of nitro groups is 1. The summed E-state index contributed by atoms with van der Waals surface area (Å²) in [6.07, 6.45) is 4.24. The van der Waals surface area contributed by atoms with Crippen LogP contribution in [0.3, 0.4) is 0 Å². The highest BCUT2D eigenvalue weighted by Gasteiger charge is 2.27. The number of oxazole rings is 1. The normalized spacial score (nSPS) is 16.2. The molecule has 3 rings (SSSR count). The Bertz CT molecular complexity index is 1100. The Labute approximate surface area is 199 Å². The van der Waals surface area contributed by atoms with Crippen molar-refractivity contribution in [2.24, 2.45) is 0 Å². The molecule has 2 aromatic rings.